The molecule has 8 nitrogen and oxygen atoms in total. The topological polar surface area (TPSA) is 108 Å². The first-order chi connectivity index (χ1) is 37.0. The minimum Gasteiger partial charge on any atom is -0.756 e. The lowest BCUT2D eigenvalue weighted by Crippen LogP contribution is -2.45. The van der Waals surface area contributed by atoms with Crippen LogP contribution in [0.4, 0.5) is 0 Å². The Bertz CT molecular complexity index is 1560. The molecule has 0 fully saturated rings. The highest BCUT2D eigenvalue weighted by Gasteiger charge is 2.23. The fourth-order valence-electron chi connectivity index (χ4n) is 8.90. The van der Waals surface area contributed by atoms with Gasteiger partial charge in [-0.3, -0.25) is 9.36 Å². The van der Waals surface area contributed by atoms with Crippen molar-refractivity contribution in [3.05, 3.63) is 97.2 Å². The number of nitrogens with zero attached hydrogens (tertiary/aromatic N) is 1. The first-order valence-electron chi connectivity index (χ1n) is 31.6. The zero-order valence-corrected chi connectivity index (χ0v) is 51.1. The number of hydrogen-bond acceptors (Lipinski definition) is 6. The smallest absolute Gasteiger partial charge is 0.268 e. The Morgan fingerprint density at radius 1 is 0.474 bits per heavy atom. The van der Waals surface area contributed by atoms with E-state index >= 15 is 0 Å². The van der Waals surface area contributed by atoms with E-state index in [1.165, 1.54) is 167 Å². The number of hydrogen-bond donors (Lipinski definition) is 2. The molecule has 0 heterocycles. The van der Waals surface area contributed by atoms with E-state index in [1.54, 1.807) is 6.08 Å². The molecule has 3 atom stereocenters. The molecule has 0 aromatic carbocycles. The van der Waals surface area contributed by atoms with Crippen LogP contribution < -0.4 is 10.2 Å². The van der Waals surface area contributed by atoms with Gasteiger partial charge in [0.05, 0.1) is 39.9 Å². The molecule has 0 radical (unpaired) electrons. The molecule has 9 heteroatoms. The zero-order chi connectivity index (χ0) is 55.6. The third kappa shape index (κ3) is 59.1. The summed E-state index contributed by atoms with van der Waals surface area (Å²) >= 11 is 0. The Morgan fingerprint density at radius 3 is 1.17 bits per heavy atom. The van der Waals surface area contributed by atoms with Gasteiger partial charge in [0.2, 0.25) is 5.91 Å². The van der Waals surface area contributed by atoms with Crippen molar-refractivity contribution >= 4 is 13.7 Å². The van der Waals surface area contributed by atoms with Crippen molar-refractivity contribution < 1.29 is 32.9 Å². The van der Waals surface area contributed by atoms with E-state index in [2.05, 4.69) is 104 Å². The molecule has 0 bridgehead atoms. The molecule has 0 aromatic heterocycles. The Balaban J connectivity index is 4.16. The number of rotatable bonds is 57. The number of phosphoric ester groups is 1. The maximum atomic E-state index is 13.0. The standard InChI is InChI=1S/C67H121N2O6P/c1-6-8-10-12-14-16-18-20-22-24-26-28-29-30-31-32-33-34-35-36-37-38-39-41-43-45-47-49-51-53-55-57-59-61-67(71)68-65(64-75-76(72,73)74-63-62-69(3,4)5)66(70)60-58-56-54-52-50-48-46-44-42-40-27-25-23-21-19-17-15-13-11-9-7-2/h8,10,14,16,20,22,26,28,30-31,33-34,36-37,58,60,65-66,70H,6-7,9,11-13,15,17-19,21,23-25,27,29,32,35,38-57,59,61-64H2,1-5H3,(H-,68,71,72,73)/b10-8-,16-14-,22-20-,28-26-,31-30-,34-33-,37-36-,60-58+. The molecule has 3 unspecified atom stereocenters. The van der Waals surface area contributed by atoms with Gasteiger partial charge < -0.3 is 28.8 Å². The summed E-state index contributed by atoms with van der Waals surface area (Å²) in [6.07, 6.45) is 82.0. The van der Waals surface area contributed by atoms with Gasteiger partial charge in [-0.05, 0) is 77.0 Å². The predicted octanol–water partition coefficient (Wildman–Crippen LogP) is 19.1. The van der Waals surface area contributed by atoms with Crippen molar-refractivity contribution in [3.63, 3.8) is 0 Å². The summed E-state index contributed by atoms with van der Waals surface area (Å²) < 4.78 is 23.4. The van der Waals surface area contributed by atoms with Crippen molar-refractivity contribution in [2.45, 2.75) is 283 Å². The van der Waals surface area contributed by atoms with Crippen LogP contribution in [0.2, 0.25) is 0 Å². The third-order valence-corrected chi connectivity index (χ3v) is 14.8. The number of allylic oxidation sites excluding steroid dienone is 15. The summed E-state index contributed by atoms with van der Waals surface area (Å²) in [5.74, 6) is -0.202. The maximum Gasteiger partial charge on any atom is 0.268 e. The molecule has 0 saturated heterocycles. The van der Waals surface area contributed by atoms with E-state index in [-0.39, 0.29) is 19.1 Å². The highest BCUT2D eigenvalue weighted by atomic mass is 31.2. The van der Waals surface area contributed by atoms with Crippen LogP contribution in [-0.4, -0.2) is 68.5 Å². The third-order valence-electron chi connectivity index (χ3n) is 13.8. The van der Waals surface area contributed by atoms with Crippen molar-refractivity contribution in [2.75, 3.05) is 40.9 Å². The minimum atomic E-state index is -4.61. The molecular weight excluding hydrogens is 960 g/mol. The number of phosphoric acid groups is 1. The summed E-state index contributed by atoms with van der Waals surface area (Å²) in [5, 5.41) is 13.9. The number of amides is 1. The lowest BCUT2D eigenvalue weighted by molar-refractivity contribution is -0.870. The van der Waals surface area contributed by atoms with Crippen LogP contribution in [0.25, 0.3) is 0 Å². The molecule has 0 aromatic rings. The number of carbonyl (C=O) groups is 1. The Hall–Kier alpha value is -2.58. The number of carbonyl (C=O) groups excluding carboxylic acids is 1. The number of nitrogens with one attached hydrogen (secondary N) is 1. The molecule has 0 aliphatic heterocycles. The first kappa shape index (κ1) is 73.4. The number of unbranched alkanes of at least 4 members (excludes halogenated alkanes) is 30. The van der Waals surface area contributed by atoms with Crippen LogP contribution in [0.3, 0.4) is 0 Å². The van der Waals surface area contributed by atoms with Gasteiger partial charge in [-0.1, -0.05) is 284 Å². The van der Waals surface area contributed by atoms with E-state index in [4.69, 9.17) is 9.05 Å². The summed E-state index contributed by atoms with van der Waals surface area (Å²) in [6.45, 7) is 4.55. The Morgan fingerprint density at radius 2 is 0.803 bits per heavy atom. The van der Waals surface area contributed by atoms with Gasteiger partial charge in [0, 0.05) is 6.42 Å². The number of quaternary nitrogens is 1. The lowest BCUT2D eigenvalue weighted by Gasteiger charge is -2.29. The average Bonchev–Trinajstić information content (AvgIpc) is 3.38. The van der Waals surface area contributed by atoms with E-state index in [9.17, 15) is 19.4 Å². The van der Waals surface area contributed by atoms with Gasteiger partial charge in [0.1, 0.15) is 13.2 Å². The van der Waals surface area contributed by atoms with Crippen LogP contribution in [-0.2, 0) is 18.4 Å². The van der Waals surface area contributed by atoms with E-state index < -0.39 is 20.0 Å². The monoisotopic (exact) mass is 1080 g/mol. The molecule has 0 aliphatic carbocycles. The SMILES string of the molecule is CC/C=C\C/C=C\C/C=C\C/C=C\C/C=C\C/C=C\C/C=C\CCCCCCCCCCCCCC(=O)NC(COP(=O)([O-])OCC[N+](C)(C)C)C(O)/C=C/CCCCCCCCCCCCCCCCCCCCC. The summed E-state index contributed by atoms with van der Waals surface area (Å²) in [5.41, 5.74) is 0. The predicted molar refractivity (Wildman–Crippen MR) is 329 cm³/mol. The number of likely N-dealkylation sites (N-methyl/N-ethyl adjacent to an activating group) is 1. The van der Waals surface area contributed by atoms with Crippen molar-refractivity contribution in [1.29, 1.82) is 0 Å². The van der Waals surface area contributed by atoms with E-state index in [1.807, 2.05) is 27.2 Å². The highest BCUT2D eigenvalue weighted by Crippen LogP contribution is 2.38. The molecule has 0 aliphatic rings. The van der Waals surface area contributed by atoms with E-state index in [0.717, 1.165) is 83.5 Å². The van der Waals surface area contributed by atoms with E-state index in [0.29, 0.717) is 17.4 Å². The molecule has 1 amide bonds. The van der Waals surface area contributed by atoms with Crippen molar-refractivity contribution in [2.24, 2.45) is 0 Å². The van der Waals surface area contributed by atoms with Gasteiger partial charge in [0.25, 0.3) is 7.82 Å². The Labute approximate surface area is 470 Å². The van der Waals surface area contributed by atoms with Crippen LogP contribution in [0.1, 0.15) is 271 Å². The van der Waals surface area contributed by atoms with Crippen LogP contribution in [0.15, 0.2) is 97.2 Å². The highest BCUT2D eigenvalue weighted by molar-refractivity contribution is 7.45. The normalized spacial score (nSPS) is 14.5. The summed E-state index contributed by atoms with van der Waals surface area (Å²) in [4.78, 5) is 25.6. The average molecular weight is 1080 g/mol. The minimum absolute atomic E-state index is 0.00502. The summed E-state index contributed by atoms with van der Waals surface area (Å²) in [6, 6.07) is -0.895. The van der Waals surface area contributed by atoms with Gasteiger partial charge in [0.15, 0.2) is 0 Å². The lowest BCUT2D eigenvalue weighted by atomic mass is 10.0. The fourth-order valence-corrected chi connectivity index (χ4v) is 9.62. The van der Waals surface area contributed by atoms with Crippen LogP contribution in [0.5, 0.6) is 0 Å². The largest absolute Gasteiger partial charge is 0.756 e. The number of aliphatic hydroxyl groups is 1. The maximum absolute atomic E-state index is 13.0. The molecular formula is C67H121N2O6P. The second-order valence-corrected chi connectivity index (χ2v) is 23.8. The van der Waals surface area contributed by atoms with Gasteiger partial charge in [-0.2, -0.15) is 0 Å². The molecule has 0 spiro atoms. The van der Waals surface area contributed by atoms with Gasteiger partial charge in [-0.25, -0.2) is 0 Å². The second-order valence-electron chi connectivity index (χ2n) is 22.4. The zero-order valence-electron chi connectivity index (χ0n) is 50.2. The van der Waals surface area contributed by atoms with Crippen LogP contribution >= 0.6 is 7.82 Å². The molecule has 2 N–H and O–H groups in total. The fraction of sp³-hybridized carbons (Fsp3) is 0.746. The van der Waals surface area contributed by atoms with Crippen LogP contribution in [0, 0.1) is 0 Å². The summed E-state index contributed by atoms with van der Waals surface area (Å²) in [7, 11) is 1.25. The quantitative estimate of drug-likeness (QED) is 0.0272. The second kappa shape index (κ2) is 57.1. The number of aliphatic hydroxyl groups excluding tert-OH is 1. The molecule has 0 rings (SSSR count). The first-order valence-corrected chi connectivity index (χ1v) is 33.1. The molecule has 440 valence electrons. The Kier molecular flexibility index (Phi) is 55.2. The van der Waals surface area contributed by atoms with Gasteiger partial charge >= 0.3 is 0 Å². The van der Waals surface area contributed by atoms with Gasteiger partial charge in [-0.15, -0.1) is 0 Å². The van der Waals surface area contributed by atoms with Crippen molar-refractivity contribution in [3.8, 4) is 0 Å². The molecule has 0 saturated carbocycles. The molecule has 76 heavy (non-hydrogen) atoms. The van der Waals surface area contributed by atoms with Crippen molar-refractivity contribution in [1.82, 2.24) is 5.32 Å².